The number of hydrogen-bond donors (Lipinski definition) is 0. The van der Waals surface area contributed by atoms with Gasteiger partial charge in [-0.3, -0.25) is 0 Å². The van der Waals surface area contributed by atoms with E-state index >= 15 is 0 Å². The molecule has 0 nitrogen and oxygen atoms in total. The molecule has 0 aromatic carbocycles. The lowest BCUT2D eigenvalue weighted by molar-refractivity contribution is 0.444. The third-order valence-corrected chi connectivity index (χ3v) is 3.23. The quantitative estimate of drug-likeness (QED) is 0.432. The van der Waals surface area contributed by atoms with E-state index in [2.05, 4.69) is 46.4 Å². The zero-order chi connectivity index (χ0) is 11.8. The molecule has 0 rings (SSSR count). The molecule has 2 unspecified atom stereocenters. The fourth-order valence-corrected chi connectivity index (χ4v) is 1.67. The predicted octanol–water partition coefficient (Wildman–Crippen LogP) is 5.13. The third-order valence-electron chi connectivity index (χ3n) is 3.23. The summed E-state index contributed by atoms with van der Waals surface area (Å²) in [7, 11) is 0. The minimum Gasteiger partial charge on any atom is -0.122 e. The van der Waals surface area contributed by atoms with Gasteiger partial charge in [0.15, 0.2) is 0 Å². The standard InChI is InChI=1S/C15H26/c1-7-10-13(5)15(9-3)11-14(6)12(4)8-2/h7,11-12,14H,8-9H2,1-6H3. The smallest absolute Gasteiger partial charge is 0.00660 e. The Labute approximate surface area is 95.8 Å². The first-order valence-electron chi connectivity index (χ1n) is 6.15. The first-order valence-corrected chi connectivity index (χ1v) is 6.15. The summed E-state index contributed by atoms with van der Waals surface area (Å²) >= 11 is 0. The summed E-state index contributed by atoms with van der Waals surface area (Å²) in [6.45, 7) is 13.3. The molecule has 0 saturated heterocycles. The summed E-state index contributed by atoms with van der Waals surface area (Å²) < 4.78 is 0. The largest absolute Gasteiger partial charge is 0.122 e. The lowest BCUT2D eigenvalue weighted by atomic mass is 9.90. The van der Waals surface area contributed by atoms with Gasteiger partial charge >= 0.3 is 0 Å². The van der Waals surface area contributed by atoms with Gasteiger partial charge in [0.2, 0.25) is 0 Å². The van der Waals surface area contributed by atoms with E-state index < -0.39 is 0 Å². The van der Waals surface area contributed by atoms with Crippen LogP contribution in [0, 0.1) is 11.8 Å². The number of allylic oxidation sites excluding steroid dienone is 3. The van der Waals surface area contributed by atoms with Crippen molar-refractivity contribution in [2.24, 2.45) is 11.8 Å². The SMILES string of the molecule is CC=C=C(C)C(=CC(C)C(C)CC)CC. The summed E-state index contributed by atoms with van der Waals surface area (Å²) in [5.41, 5.74) is 6.01. The fourth-order valence-electron chi connectivity index (χ4n) is 1.67. The molecule has 86 valence electrons. The zero-order valence-electron chi connectivity index (χ0n) is 11.2. The molecular weight excluding hydrogens is 180 g/mol. The molecule has 0 spiro atoms. The van der Waals surface area contributed by atoms with Crippen LogP contribution in [0.5, 0.6) is 0 Å². The normalized spacial score (nSPS) is 15.5. The van der Waals surface area contributed by atoms with Crippen molar-refractivity contribution in [2.45, 2.75) is 54.4 Å². The first-order chi connectivity index (χ1) is 7.06. The minimum absolute atomic E-state index is 0.665. The van der Waals surface area contributed by atoms with E-state index in [-0.39, 0.29) is 0 Å². The average molecular weight is 206 g/mol. The highest BCUT2D eigenvalue weighted by Crippen LogP contribution is 2.21. The van der Waals surface area contributed by atoms with Crippen LogP contribution in [-0.2, 0) is 0 Å². The van der Waals surface area contributed by atoms with Crippen LogP contribution in [0.25, 0.3) is 0 Å². The average Bonchev–Trinajstić information content (AvgIpc) is 2.24. The first kappa shape index (κ1) is 14.3. The van der Waals surface area contributed by atoms with Gasteiger partial charge < -0.3 is 0 Å². The van der Waals surface area contributed by atoms with Crippen LogP contribution in [0.1, 0.15) is 54.4 Å². The second-order valence-electron chi connectivity index (χ2n) is 4.35. The predicted molar refractivity (Wildman–Crippen MR) is 69.9 cm³/mol. The van der Waals surface area contributed by atoms with Crippen molar-refractivity contribution in [3.8, 4) is 0 Å². The molecule has 0 radical (unpaired) electrons. The Kier molecular flexibility index (Phi) is 7.17. The van der Waals surface area contributed by atoms with Crippen molar-refractivity contribution in [3.05, 3.63) is 29.0 Å². The van der Waals surface area contributed by atoms with Gasteiger partial charge in [-0.15, -0.1) is 5.73 Å². The van der Waals surface area contributed by atoms with E-state index in [0.717, 1.165) is 12.3 Å². The Morgan fingerprint density at radius 3 is 2.27 bits per heavy atom. The molecule has 0 heteroatoms. The number of hydrogen-bond acceptors (Lipinski definition) is 0. The third kappa shape index (κ3) is 5.04. The molecule has 0 heterocycles. The summed E-state index contributed by atoms with van der Waals surface area (Å²) in [6, 6.07) is 0. The minimum atomic E-state index is 0.665. The van der Waals surface area contributed by atoms with Crippen molar-refractivity contribution in [3.63, 3.8) is 0 Å². The maximum Gasteiger partial charge on any atom is -0.00660 e. The van der Waals surface area contributed by atoms with Crippen LogP contribution >= 0.6 is 0 Å². The van der Waals surface area contributed by atoms with E-state index in [0.29, 0.717) is 5.92 Å². The van der Waals surface area contributed by atoms with Crippen LogP contribution in [0.15, 0.2) is 29.0 Å². The van der Waals surface area contributed by atoms with E-state index in [9.17, 15) is 0 Å². The Morgan fingerprint density at radius 1 is 1.27 bits per heavy atom. The second kappa shape index (κ2) is 7.54. The molecule has 0 aromatic rings. The molecular formula is C15H26. The lowest BCUT2D eigenvalue weighted by Gasteiger charge is -2.16. The maximum absolute atomic E-state index is 3.28. The second-order valence-corrected chi connectivity index (χ2v) is 4.35. The molecule has 2 atom stereocenters. The van der Waals surface area contributed by atoms with Gasteiger partial charge in [0.05, 0.1) is 0 Å². The van der Waals surface area contributed by atoms with Gasteiger partial charge in [-0.2, -0.15) is 0 Å². The maximum atomic E-state index is 3.28. The van der Waals surface area contributed by atoms with Gasteiger partial charge in [-0.1, -0.05) is 40.2 Å². The van der Waals surface area contributed by atoms with E-state index in [4.69, 9.17) is 0 Å². The van der Waals surface area contributed by atoms with E-state index in [1.54, 1.807) is 0 Å². The molecule has 0 saturated carbocycles. The molecule has 0 amide bonds. The topological polar surface area (TPSA) is 0 Å². The van der Waals surface area contributed by atoms with Crippen LogP contribution in [0.3, 0.4) is 0 Å². The van der Waals surface area contributed by atoms with Gasteiger partial charge in [0.25, 0.3) is 0 Å². The highest BCUT2D eigenvalue weighted by Gasteiger charge is 2.08. The fraction of sp³-hybridized carbons (Fsp3) is 0.667. The molecule has 0 bridgehead atoms. The Balaban J connectivity index is 4.81. The van der Waals surface area contributed by atoms with Gasteiger partial charge in [-0.05, 0) is 49.3 Å². The van der Waals surface area contributed by atoms with Crippen LogP contribution < -0.4 is 0 Å². The van der Waals surface area contributed by atoms with Crippen LogP contribution in [-0.4, -0.2) is 0 Å². The highest BCUT2D eigenvalue weighted by molar-refractivity contribution is 5.28. The van der Waals surface area contributed by atoms with Gasteiger partial charge in [-0.25, -0.2) is 0 Å². The summed E-state index contributed by atoms with van der Waals surface area (Å²) in [4.78, 5) is 0. The summed E-state index contributed by atoms with van der Waals surface area (Å²) in [6.07, 6.45) is 6.77. The van der Waals surface area contributed by atoms with Crippen molar-refractivity contribution in [1.29, 1.82) is 0 Å². The van der Waals surface area contributed by atoms with Crippen molar-refractivity contribution in [1.82, 2.24) is 0 Å². The van der Waals surface area contributed by atoms with Crippen LogP contribution in [0.2, 0.25) is 0 Å². The van der Waals surface area contributed by atoms with Gasteiger partial charge in [0, 0.05) is 0 Å². The molecule has 0 aliphatic rings. The molecule has 0 N–H and O–H groups in total. The summed E-state index contributed by atoms with van der Waals surface area (Å²) in [5.74, 6) is 1.43. The summed E-state index contributed by atoms with van der Waals surface area (Å²) in [5, 5.41) is 0. The number of rotatable bonds is 5. The van der Waals surface area contributed by atoms with Crippen molar-refractivity contribution >= 4 is 0 Å². The Bertz CT molecular complexity index is 262. The van der Waals surface area contributed by atoms with Gasteiger partial charge in [0.1, 0.15) is 0 Å². The molecule has 0 aliphatic carbocycles. The lowest BCUT2D eigenvalue weighted by Crippen LogP contribution is -2.04. The molecule has 0 aliphatic heterocycles. The van der Waals surface area contributed by atoms with Crippen molar-refractivity contribution < 1.29 is 0 Å². The van der Waals surface area contributed by atoms with Crippen molar-refractivity contribution in [2.75, 3.05) is 0 Å². The molecule has 0 aromatic heterocycles. The zero-order valence-corrected chi connectivity index (χ0v) is 11.2. The van der Waals surface area contributed by atoms with E-state index in [1.807, 2.05) is 13.0 Å². The molecule has 15 heavy (non-hydrogen) atoms. The Hall–Kier alpha value is -0.740. The molecule has 0 fully saturated rings. The highest BCUT2D eigenvalue weighted by atomic mass is 14.1. The monoisotopic (exact) mass is 206 g/mol. The van der Waals surface area contributed by atoms with E-state index in [1.165, 1.54) is 17.6 Å². The van der Waals surface area contributed by atoms with Crippen LogP contribution in [0.4, 0.5) is 0 Å². The Morgan fingerprint density at radius 2 is 1.87 bits per heavy atom.